The molecule has 4 rings (SSSR count). The summed E-state index contributed by atoms with van der Waals surface area (Å²) >= 11 is 6.38. The molecule has 1 fully saturated rings. The molecule has 0 aliphatic carbocycles. The van der Waals surface area contributed by atoms with E-state index >= 15 is 0 Å². The van der Waals surface area contributed by atoms with Gasteiger partial charge in [0.15, 0.2) is 0 Å². The third kappa shape index (κ3) is 4.40. The second-order valence-corrected chi connectivity index (χ2v) is 7.96. The first-order chi connectivity index (χ1) is 14.6. The molecule has 0 bridgehead atoms. The van der Waals surface area contributed by atoms with Crippen molar-refractivity contribution < 1.29 is 9.13 Å². The summed E-state index contributed by atoms with van der Waals surface area (Å²) in [7, 11) is 0. The molecule has 0 atom stereocenters. The van der Waals surface area contributed by atoms with E-state index in [2.05, 4.69) is 10.4 Å². The summed E-state index contributed by atoms with van der Waals surface area (Å²) in [6.45, 7) is 2.05. The fraction of sp³-hybridized carbons (Fsp3) is 0.304. The zero-order chi connectivity index (χ0) is 21.0. The van der Waals surface area contributed by atoms with Crippen molar-refractivity contribution >= 4 is 17.3 Å². The third-order valence-corrected chi connectivity index (χ3v) is 6.03. The van der Waals surface area contributed by atoms with Crippen molar-refractivity contribution in [2.45, 2.75) is 24.8 Å². The van der Waals surface area contributed by atoms with E-state index in [4.69, 9.17) is 16.3 Å². The summed E-state index contributed by atoms with van der Waals surface area (Å²) in [5.74, 6) is -0.262. The number of anilines is 1. The van der Waals surface area contributed by atoms with Crippen molar-refractivity contribution in [2.75, 3.05) is 25.1 Å². The van der Waals surface area contributed by atoms with E-state index in [9.17, 15) is 9.18 Å². The van der Waals surface area contributed by atoms with Crippen LogP contribution in [-0.4, -0.2) is 29.5 Å². The molecule has 0 spiro atoms. The highest BCUT2D eigenvalue weighted by Gasteiger charge is 2.35. The lowest BCUT2D eigenvalue weighted by molar-refractivity contribution is 0.0543. The van der Waals surface area contributed by atoms with E-state index in [-0.39, 0.29) is 21.8 Å². The van der Waals surface area contributed by atoms with Gasteiger partial charge in [-0.05, 0) is 36.1 Å². The maximum atomic E-state index is 13.9. The number of hydrogen-bond acceptors (Lipinski definition) is 4. The number of nitrogens with zero attached hydrogens (tertiary/aromatic N) is 2. The zero-order valence-electron chi connectivity index (χ0n) is 16.5. The topological polar surface area (TPSA) is 56.1 Å². The SMILES string of the molecule is O=c1c(Cl)c(NCC2(c3cccc(F)c3)CCOCC2)cnn1Cc1ccccc1. The molecule has 1 saturated heterocycles. The van der Waals surface area contributed by atoms with E-state index in [1.807, 2.05) is 36.4 Å². The van der Waals surface area contributed by atoms with Crippen LogP contribution in [0.1, 0.15) is 24.0 Å². The molecule has 2 aromatic carbocycles. The van der Waals surface area contributed by atoms with Gasteiger partial charge in [0.05, 0.1) is 18.4 Å². The fourth-order valence-corrected chi connectivity index (χ4v) is 4.08. The van der Waals surface area contributed by atoms with Crippen LogP contribution in [0.3, 0.4) is 0 Å². The lowest BCUT2D eigenvalue weighted by Crippen LogP contribution is -2.40. The first kappa shape index (κ1) is 20.6. The lowest BCUT2D eigenvalue weighted by atomic mass is 9.74. The Bertz CT molecular complexity index is 1070. The van der Waals surface area contributed by atoms with Gasteiger partial charge in [0, 0.05) is 25.2 Å². The van der Waals surface area contributed by atoms with Crippen molar-refractivity contribution in [3.05, 3.63) is 93.1 Å². The number of nitrogens with one attached hydrogen (secondary N) is 1. The predicted molar refractivity (Wildman–Crippen MR) is 116 cm³/mol. The summed E-state index contributed by atoms with van der Waals surface area (Å²) in [5.41, 5.74) is 1.71. The number of halogens is 2. The van der Waals surface area contributed by atoms with E-state index < -0.39 is 0 Å². The quantitative estimate of drug-likeness (QED) is 0.639. The Hall–Kier alpha value is -2.70. The first-order valence-corrected chi connectivity index (χ1v) is 10.3. The van der Waals surface area contributed by atoms with Gasteiger partial charge in [-0.25, -0.2) is 9.07 Å². The molecular weight excluding hydrogens is 405 g/mol. The predicted octanol–water partition coefficient (Wildman–Crippen LogP) is 4.24. The van der Waals surface area contributed by atoms with Crippen LogP contribution in [0, 0.1) is 5.82 Å². The molecular formula is C23H23ClFN3O2. The van der Waals surface area contributed by atoms with E-state index in [0.29, 0.717) is 32.0 Å². The van der Waals surface area contributed by atoms with Gasteiger partial charge in [-0.3, -0.25) is 4.79 Å². The summed E-state index contributed by atoms with van der Waals surface area (Å²) in [6, 6.07) is 16.3. The number of ether oxygens (including phenoxy) is 1. The van der Waals surface area contributed by atoms with Crippen molar-refractivity contribution in [1.82, 2.24) is 9.78 Å². The van der Waals surface area contributed by atoms with Crippen LogP contribution >= 0.6 is 11.6 Å². The largest absolute Gasteiger partial charge is 0.381 e. The second-order valence-electron chi connectivity index (χ2n) is 7.58. The number of rotatable bonds is 6. The Labute approximate surface area is 179 Å². The Kier molecular flexibility index (Phi) is 6.16. The van der Waals surface area contributed by atoms with Gasteiger partial charge < -0.3 is 10.1 Å². The highest BCUT2D eigenvalue weighted by molar-refractivity contribution is 6.32. The minimum Gasteiger partial charge on any atom is -0.381 e. The Balaban J connectivity index is 1.56. The molecule has 30 heavy (non-hydrogen) atoms. The maximum absolute atomic E-state index is 13.9. The molecule has 1 aliphatic rings. The van der Waals surface area contributed by atoms with Gasteiger partial charge in [-0.1, -0.05) is 54.1 Å². The van der Waals surface area contributed by atoms with Gasteiger partial charge in [0.25, 0.3) is 5.56 Å². The fourth-order valence-electron chi connectivity index (χ4n) is 3.87. The number of hydrogen-bond donors (Lipinski definition) is 1. The van der Waals surface area contributed by atoms with Gasteiger partial charge >= 0.3 is 0 Å². The molecule has 0 radical (unpaired) electrons. The lowest BCUT2D eigenvalue weighted by Gasteiger charge is -2.38. The smallest absolute Gasteiger partial charge is 0.287 e. The number of aromatic nitrogens is 2. The van der Waals surface area contributed by atoms with Crippen LogP contribution < -0.4 is 10.9 Å². The standard InChI is InChI=1S/C23H23ClFN3O2/c24-21-20(14-27-28(22(21)29)15-17-5-2-1-3-6-17)26-16-23(9-11-30-12-10-23)18-7-4-8-19(25)13-18/h1-8,13-14,26H,9-12,15-16H2. The van der Waals surface area contributed by atoms with E-state index in [1.54, 1.807) is 18.3 Å². The molecule has 5 nitrogen and oxygen atoms in total. The Morgan fingerprint density at radius 1 is 1.13 bits per heavy atom. The van der Waals surface area contributed by atoms with Gasteiger partial charge in [0.2, 0.25) is 0 Å². The van der Waals surface area contributed by atoms with Crippen molar-refractivity contribution in [1.29, 1.82) is 0 Å². The highest BCUT2D eigenvalue weighted by Crippen LogP contribution is 2.35. The molecule has 3 aromatic rings. The van der Waals surface area contributed by atoms with Crippen LogP contribution in [-0.2, 0) is 16.7 Å². The molecule has 1 aromatic heterocycles. The molecule has 2 heterocycles. The normalized spacial score (nSPS) is 15.7. The minimum atomic E-state index is -0.350. The van der Waals surface area contributed by atoms with Crippen molar-refractivity contribution in [2.24, 2.45) is 0 Å². The molecule has 0 saturated carbocycles. The van der Waals surface area contributed by atoms with Crippen LogP contribution in [0.4, 0.5) is 10.1 Å². The van der Waals surface area contributed by atoms with Gasteiger partial charge in [-0.15, -0.1) is 0 Å². The summed E-state index contributed by atoms with van der Waals surface area (Å²) in [5, 5.41) is 7.67. The van der Waals surface area contributed by atoms with E-state index in [0.717, 1.165) is 24.0 Å². The van der Waals surface area contributed by atoms with Crippen LogP contribution in [0.2, 0.25) is 5.02 Å². The third-order valence-electron chi connectivity index (χ3n) is 5.66. The molecule has 156 valence electrons. The summed E-state index contributed by atoms with van der Waals surface area (Å²) in [6.07, 6.45) is 3.07. The van der Waals surface area contributed by atoms with Crippen molar-refractivity contribution in [3.8, 4) is 0 Å². The molecule has 0 unspecified atom stereocenters. The first-order valence-electron chi connectivity index (χ1n) is 9.95. The molecule has 1 N–H and O–H groups in total. The summed E-state index contributed by atoms with van der Waals surface area (Å²) in [4.78, 5) is 12.7. The van der Waals surface area contributed by atoms with Gasteiger partial charge in [0.1, 0.15) is 10.8 Å². The monoisotopic (exact) mass is 427 g/mol. The number of benzene rings is 2. The minimum absolute atomic E-state index is 0.0994. The highest BCUT2D eigenvalue weighted by atomic mass is 35.5. The van der Waals surface area contributed by atoms with E-state index in [1.165, 1.54) is 10.7 Å². The zero-order valence-corrected chi connectivity index (χ0v) is 17.2. The Morgan fingerprint density at radius 2 is 1.90 bits per heavy atom. The average molecular weight is 428 g/mol. The van der Waals surface area contributed by atoms with Crippen molar-refractivity contribution in [3.63, 3.8) is 0 Å². The maximum Gasteiger partial charge on any atom is 0.287 e. The van der Waals surface area contributed by atoms with Gasteiger partial charge in [-0.2, -0.15) is 5.10 Å². The molecule has 0 amide bonds. The molecule has 7 heteroatoms. The van der Waals surface area contributed by atoms with Crippen LogP contribution in [0.5, 0.6) is 0 Å². The molecule has 1 aliphatic heterocycles. The summed E-state index contributed by atoms with van der Waals surface area (Å²) < 4.78 is 20.7. The average Bonchev–Trinajstić information content (AvgIpc) is 2.78. The van der Waals surface area contributed by atoms with Crippen LogP contribution in [0.25, 0.3) is 0 Å². The van der Waals surface area contributed by atoms with Crippen LogP contribution in [0.15, 0.2) is 65.6 Å². The Morgan fingerprint density at radius 3 is 2.63 bits per heavy atom. The second kappa shape index (κ2) is 8.98.